The first-order chi connectivity index (χ1) is 5.35. The van der Waals surface area contributed by atoms with E-state index in [1.807, 2.05) is 4.90 Å². The van der Waals surface area contributed by atoms with Crippen LogP contribution in [-0.2, 0) is 0 Å². The molecule has 0 aliphatic heterocycles. The monoisotopic (exact) mass is 179 g/mol. The number of nitrogens with zero attached hydrogens (tertiary/aromatic N) is 1. The van der Waals surface area contributed by atoms with Crippen LogP contribution in [0.4, 0.5) is 0 Å². The van der Waals surface area contributed by atoms with Crippen molar-refractivity contribution in [1.82, 2.24) is 4.90 Å². The maximum atomic E-state index is 8.58. The number of rotatable bonds is 7. The molecule has 0 rings (SSSR count). The molecule has 0 aromatic carbocycles. The zero-order valence-corrected chi connectivity index (χ0v) is 6.74. The lowest BCUT2D eigenvalue weighted by molar-refractivity contribution is 0.150. The highest BCUT2D eigenvalue weighted by Gasteiger charge is 2.01. The quantitative estimate of drug-likeness (QED) is 0.483. The maximum Gasteiger partial charge on any atom is 0.0558 e. The van der Waals surface area contributed by atoms with E-state index in [0.29, 0.717) is 19.5 Å². The molecule has 4 heteroatoms. The van der Waals surface area contributed by atoms with Crippen molar-refractivity contribution in [2.24, 2.45) is 0 Å². The van der Waals surface area contributed by atoms with Crippen LogP contribution >= 0.6 is 0 Å². The van der Waals surface area contributed by atoms with Gasteiger partial charge in [-0.15, -0.1) is 0 Å². The summed E-state index contributed by atoms with van der Waals surface area (Å²) in [4.78, 5) is 1.91. The van der Waals surface area contributed by atoms with Crippen LogP contribution in [0.2, 0.25) is 0 Å². The summed E-state index contributed by atoms with van der Waals surface area (Å²) in [6.45, 7) is 2.24. The van der Waals surface area contributed by atoms with Gasteiger partial charge in [0.05, 0.1) is 13.2 Å². The first-order valence-electron chi connectivity index (χ1n) is 3.90. The lowest BCUT2D eigenvalue weighted by Crippen LogP contribution is -2.31. The fourth-order valence-electron chi connectivity index (χ4n) is 0.913. The smallest absolute Gasteiger partial charge is 0.0558 e. The van der Waals surface area contributed by atoms with Crippen molar-refractivity contribution in [3.8, 4) is 0 Å². The van der Waals surface area contributed by atoms with Crippen LogP contribution in [0.5, 0.6) is 0 Å². The van der Waals surface area contributed by atoms with Crippen molar-refractivity contribution in [2.45, 2.75) is 13.8 Å². The third-order valence-electron chi connectivity index (χ3n) is 1.46. The molecular weight excluding hydrogens is 158 g/mol. The summed E-state index contributed by atoms with van der Waals surface area (Å²) in [5, 5.41) is 25.7. The second-order valence-electron chi connectivity index (χ2n) is 2.37. The second-order valence-corrected chi connectivity index (χ2v) is 2.37. The summed E-state index contributed by atoms with van der Waals surface area (Å²) >= 11 is 0. The predicted octanol–water partition coefficient (Wildman–Crippen LogP) is -0.708. The summed E-state index contributed by atoms with van der Waals surface area (Å²) in [7, 11) is 0. The molecule has 12 heavy (non-hydrogen) atoms. The van der Waals surface area contributed by atoms with Gasteiger partial charge in [0.15, 0.2) is 0 Å². The highest BCUT2D eigenvalue weighted by molar-refractivity contribution is 4.55. The second kappa shape index (κ2) is 10.8. The molecule has 0 aromatic heterocycles. The van der Waals surface area contributed by atoms with Crippen molar-refractivity contribution in [2.75, 3.05) is 39.5 Å². The zero-order chi connectivity index (χ0) is 8.53. The van der Waals surface area contributed by atoms with Crippen molar-refractivity contribution >= 4 is 0 Å². The van der Waals surface area contributed by atoms with Gasteiger partial charge in [-0.05, 0) is 6.42 Å². The number of hydrogen-bond donors (Lipinski definition) is 3. The summed E-state index contributed by atoms with van der Waals surface area (Å²) in [5.41, 5.74) is 0. The number of aliphatic hydroxyl groups is 3. The molecule has 0 heterocycles. The fourth-order valence-corrected chi connectivity index (χ4v) is 0.913. The molecule has 0 saturated heterocycles. The molecule has 0 aliphatic carbocycles. The molecule has 0 amide bonds. The highest BCUT2D eigenvalue weighted by Crippen LogP contribution is 1.89. The lowest BCUT2D eigenvalue weighted by Gasteiger charge is -2.18. The van der Waals surface area contributed by atoms with Gasteiger partial charge >= 0.3 is 0 Å². The Hall–Kier alpha value is -0.160. The van der Waals surface area contributed by atoms with E-state index in [9.17, 15) is 0 Å². The van der Waals surface area contributed by atoms with E-state index in [1.165, 1.54) is 0 Å². The normalized spacial score (nSPS) is 10.0. The average molecular weight is 179 g/mol. The van der Waals surface area contributed by atoms with Gasteiger partial charge in [0.1, 0.15) is 0 Å². The van der Waals surface area contributed by atoms with Gasteiger partial charge in [-0.2, -0.15) is 0 Å². The third kappa shape index (κ3) is 7.94. The largest absolute Gasteiger partial charge is 0.396 e. The van der Waals surface area contributed by atoms with Crippen molar-refractivity contribution < 1.29 is 15.3 Å². The van der Waals surface area contributed by atoms with Gasteiger partial charge in [-0.25, -0.2) is 0 Å². The van der Waals surface area contributed by atoms with Crippen LogP contribution < -0.4 is 0 Å². The Morgan fingerprint density at radius 1 is 0.750 bits per heavy atom. The van der Waals surface area contributed by atoms with E-state index in [1.54, 1.807) is 0 Å². The van der Waals surface area contributed by atoms with Gasteiger partial charge in [-0.3, -0.25) is 4.90 Å². The highest BCUT2D eigenvalue weighted by atomic mass is 16.3. The van der Waals surface area contributed by atoms with E-state index in [0.717, 1.165) is 6.54 Å². The topological polar surface area (TPSA) is 63.9 Å². The van der Waals surface area contributed by atoms with Crippen LogP contribution in [-0.4, -0.2) is 59.7 Å². The SMILES string of the molecule is C.OCCCN(CCO)CCO. The molecule has 76 valence electrons. The standard InChI is InChI=1S/C7H17NO3.CH4/c9-5-1-2-8(3-6-10)4-7-11;/h9-11H,1-7H2;1H4. The Bertz CT molecular complexity index is 74.7. The minimum absolute atomic E-state index is 0. The Morgan fingerprint density at radius 3 is 1.58 bits per heavy atom. The van der Waals surface area contributed by atoms with E-state index in [-0.39, 0.29) is 27.2 Å². The number of aliphatic hydroxyl groups excluding tert-OH is 3. The Balaban J connectivity index is 0. The van der Waals surface area contributed by atoms with Crippen LogP contribution in [0.15, 0.2) is 0 Å². The minimum Gasteiger partial charge on any atom is -0.396 e. The summed E-state index contributed by atoms with van der Waals surface area (Å²) in [6.07, 6.45) is 0.694. The fraction of sp³-hybridized carbons (Fsp3) is 1.00. The maximum absolute atomic E-state index is 8.58. The van der Waals surface area contributed by atoms with Gasteiger partial charge in [0.25, 0.3) is 0 Å². The molecule has 0 unspecified atom stereocenters. The first kappa shape index (κ1) is 14.4. The molecule has 4 nitrogen and oxygen atoms in total. The Labute approximate surface area is 74.4 Å². The van der Waals surface area contributed by atoms with Gasteiger partial charge < -0.3 is 15.3 Å². The van der Waals surface area contributed by atoms with E-state index in [4.69, 9.17) is 15.3 Å². The molecule has 0 radical (unpaired) electrons. The molecule has 0 bridgehead atoms. The van der Waals surface area contributed by atoms with Crippen molar-refractivity contribution in [3.63, 3.8) is 0 Å². The molecule has 0 aromatic rings. The molecule has 0 atom stereocenters. The van der Waals surface area contributed by atoms with E-state index < -0.39 is 0 Å². The molecule has 0 spiro atoms. The Kier molecular flexibility index (Phi) is 13.0. The van der Waals surface area contributed by atoms with Crippen molar-refractivity contribution in [3.05, 3.63) is 0 Å². The van der Waals surface area contributed by atoms with Crippen molar-refractivity contribution in [1.29, 1.82) is 0 Å². The molecule has 0 saturated carbocycles. The summed E-state index contributed by atoms with van der Waals surface area (Å²) in [6, 6.07) is 0. The van der Waals surface area contributed by atoms with Gasteiger partial charge in [0, 0.05) is 26.2 Å². The third-order valence-corrected chi connectivity index (χ3v) is 1.46. The number of hydrogen-bond acceptors (Lipinski definition) is 4. The molecular formula is C8H21NO3. The lowest BCUT2D eigenvalue weighted by atomic mass is 10.4. The van der Waals surface area contributed by atoms with Crippen LogP contribution in [0.3, 0.4) is 0 Å². The first-order valence-corrected chi connectivity index (χ1v) is 3.90. The van der Waals surface area contributed by atoms with Crippen LogP contribution in [0.1, 0.15) is 13.8 Å². The molecule has 0 aliphatic rings. The van der Waals surface area contributed by atoms with Gasteiger partial charge in [-0.1, -0.05) is 7.43 Å². The predicted molar refractivity (Wildman–Crippen MR) is 49.0 cm³/mol. The Morgan fingerprint density at radius 2 is 1.25 bits per heavy atom. The minimum atomic E-state index is 0. The zero-order valence-electron chi connectivity index (χ0n) is 6.74. The molecule has 3 N–H and O–H groups in total. The van der Waals surface area contributed by atoms with E-state index in [2.05, 4.69) is 0 Å². The van der Waals surface area contributed by atoms with Gasteiger partial charge in [0.2, 0.25) is 0 Å². The summed E-state index contributed by atoms with van der Waals surface area (Å²) in [5.74, 6) is 0. The molecule has 0 fully saturated rings. The summed E-state index contributed by atoms with van der Waals surface area (Å²) < 4.78 is 0. The van der Waals surface area contributed by atoms with E-state index >= 15 is 0 Å². The van der Waals surface area contributed by atoms with Crippen LogP contribution in [0.25, 0.3) is 0 Å². The van der Waals surface area contributed by atoms with Crippen LogP contribution in [0, 0.1) is 0 Å². The average Bonchev–Trinajstić information content (AvgIpc) is 2.01.